The number of unbranched alkanes of at least 4 members (excludes halogenated alkanes) is 1. The summed E-state index contributed by atoms with van der Waals surface area (Å²) in [5.41, 5.74) is 0. The van der Waals surface area contributed by atoms with Crippen LogP contribution in [0, 0.1) is 11.6 Å². The highest BCUT2D eigenvalue weighted by molar-refractivity contribution is 5.75. The quantitative estimate of drug-likeness (QED) is 0.685. The van der Waals surface area contributed by atoms with Gasteiger partial charge in [-0.1, -0.05) is 0 Å². The van der Waals surface area contributed by atoms with E-state index in [0.717, 1.165) is 12.1 Å². The Balaban J connectivity index is 2.11. The first-order valence-electron chi connectivity index (χ1n) is 6.55. The predicted octanol–water partition coefficient (Wildman–Crippen LogP) is 2.10. The summed E-state index contributed by atoms with van der Waals surface area (Å²) in [6.07, 6.45) is 1.25. The summed E-state index contributed by atoms with van der Waals surface area (Å²) in [6.45, 7) is 0.364. The molecule has 0 aliphatic carbocycles. The van der Waals surface area contributed by atoms with Crippen LogP contribution in [-0.4, -0.2) is 30.1 Å². The van der Waals surface area contributed by atoms with E-state index in [1.165, 1.54) is 6.07 Å². The molecule has 1 rings (SSSR count). The minimum Gasteiger partial charge on any atom is -0.492 e. The number of benzene rings is 1. The van der Waals surface area contributed by atoms with Gasteiger partial charge < -0.3 is 15.2 Å². The second kappa shape index (κ2) is 8.89. The van der Waals surface area contributed by atoms with Crippen LogP contribution in [0.2, 0.25) is 0 Å². The highest BCUT2D eigenvalue weighted by Crippen LogP contribution is 2.14. The zero-order chi connectivity index (χ0) is 15.7. The molecule has 0 spiro atoms. The van der Waals surface area contributed by atoms with Crippen LogP contribution < -0.4 is 10.1 Å². The number of carboxylic acid groups (broad SMARTS) is 1. The van der Waals surface area contributed by atoms with Gasteiger partial charge in [-0.05, 0) is 25.0 Å². The molecule has 0 atom stereocenters. The van der Waals surface area contributed by atoms with E-state index in [4.69, 9.17) is 9.84 Å². The number of carbonyl (C=O) groups is 2. The molecule has 0 bridgehead atoms. The lowest BCUT2D eigenvalue weighted by atomic mass is 10.2. The Morgan fingerprint density at radius 1 is 1.14 bits per heavy atom. The monoisotopic (exact) mass is 301 g/mol. The van der Waals surface area contributed by atoms with Gasteiger partial charge in [-0.2, -0.15) is 0 Å². The first-order chi connectivity index (χ1) is 9.99. The number of rotatable bonds is 9. The molecule has 7 heteroatoms. The fraction of sp³-hybridized carbons (Fsp3) is 0.429. The molecule has 0 heterocycles. The molecule has 0 aliphatic rings. The maximum atomic E-state index is 12.9. The minimum absolute atomic E-state index is 0.0481. The molecular formula is C14H17F2NO4. The lowest BCUT2D eigenvalue weighted by molar-refractivity contribution is -0.137. The Hall–Kier alpha value is -2.18. The number of carbonyl (C=O) groups excluding carboxylic acids is 1. The molecular weight excluding hydrogens is 284 g/mol. The van der Waals surface area contributed by atoms with E-state index < -0.39 is 17.6 Å². The SMILES string of the molecule is O=C(O)CCCCC(=O)NCCOc1ccc(F)c(F)c1. The third-order valence-corrected chi connectivity index (χ3v) is 2.63. The van der Waals surface area contributed by atoms with Gasteiger partial charge in [0.05, 0.1) is 6.54 Å². The highest BCUT2D eigenvalue weighted by atomic mass is 19.2. The van der Waals surface area contributed by atoms with Gasteiger partial charge in [0.25, 0.3) is 0 Å². The third kappa shape index (κ3) is 7.24. The lowest BCUT2D eigenvalue weighted by Gasteiger charge is -2.08. The molecule has 1 amide bonds. The molecule has 0 radical (unpaired) electrons. The number of nitrogens with one attached hydrogen (secondary N) is 1. The fourth-order valence-corrected chi connectivity index (χ4v) is 1.58. The average molecular weight is 301 g/mol. The van der Waals surface area contributed by atoms with Crippen molar-refractivity contribution >= 4 is 11.9 Å². The molecule has 2 N–H and O–H groups in total. The predicted molar refractivity (Wildman–Crippen MR) is 71.0 cm³/mol. The van der Waals surface area contributed by atoms with Gasteiger partial charge in [0, 0.05) is 18.9 Å². The van der Waals surface area contributed by atoms with Crippen molar-refractivity contribution < 1.29 is 28.2 Å². The van der Waals surface area contributed by atoms with Crippen LogP contribution in [0.1, 0.15) is 25.7 Å². The molecule has 0 saturated carbocycles. The molecule has 0 fully saturated rings. The van der Waals surface area contributed by atoms with E-state index in [9.17, 15) is 18.4 Å². The van der Waals surface area contributed by atoms with Crippen molar-refractivity contribution in [3.63, 3.8) is 0 Å². The summed E-state index contributed by atoms with van der Waals surface area (Å²) >= 11 is 0. The molecule has 5 nitrogen and oxygen atoms in total. The van der Waals surface area contributed by atoms with E-state index in [1.807, 2.05) is 0 Å². The normalized spacial score (nSPS) is 10.2. The largest absolute Gasteiger partial charge is 0.492 e. The van der Waals surface area contributed by atoms with E-state index in [0.29, 0.717) is 12.8 Å². The van der Waals surface area contributed by atoms with Crippen LogP contribution in [0.4, 0.5) is 8.78 Å². The number of amides is 1. The Kier molecular flexibility index (Phi) is 7.14. The Morgan fingerprint density at radius 3 is 2.52 bits per heavy atom. The molecule has 0 unspecified atom stereocenters. The van der Waals surface area contributed by atoms with Crippen molar-refractivity contribution in [1.29, 1.82) is 0 Å². The second-order valence-electron chi connectivity index (χ2n) is 4.38. The Morgan fingerprint density at radius 2 is 1.86 bits per heavy atom. The Labute approximate surface area is 120 Å². The molecule has 0 saturated heterocycles. The number of aliphatic carboxylic acids is 1. The number of halogens is 2. The van der Waals surface area contributed by atoms with Crippen LogP contribution in [-0.2, 0) is 9.59 Å². The van der Waals surface area contributed by atoms with Crippen molar-refractivity contribution in [1.82, 2.24) is 5.32 Å². The summed E-state index contributed by atoms with van der Waals surface area (Å²) < 4.78 is 30.7. The maximum Gasteiger partial charge on any atom is 0.303 e. The van der Waals surface area contributed by atoms with Crippen LogP contribution >= 0.6 is 0 Å². The average Bonchev–Trinajstić information content (AvgIpc) is 2.43. The summed E-state index contributed by atoms with van der Waals surface area (Å²) in [5.74, 6) is -2.83. The van der Waals surface area contributed by atoms with E-state index in [2.05, 4.69) is 5.32 Å². The molecule has 0 aliphatic heterocycles. The topological polar surface area (TPSA) is 75.6 Å². The Bertz CT molecular complexity index is 494. The zero-order valence-electron chi connectivity index (χ0n) is 11.4. The van der Waals surface area contributed by atoms with Gasteiger partial charge in [0.1, 0.15) is 12.4 Å². The summed E-state index contributed by atoms with van der Waals surface area (Å²) in [7, 11) is 0. The lowest BCUT2D eigenvalue weighted by Crippen LogP contribution is -2.27. The van der Waals surface area contributed by atoms with Crippen molar-refractivity contribution in [2.24, 2.45) is 0 Å². The van der Waals surface area contributed by atoms with Gasteiger partial charge in [0.2, 0.25) is 5.91 Å². The van der Waals surface area contributed by atoms with Crippen molar-refractivity contribution in [2.45, 2.75) is 25.7 Å². The van der Waals surface area contributed by atoms with Gasteiger partial charge >= 0.3 is 5.97 Å². The molecule has 21 heavy (non-hydrogen) atoms. The summed E-state index contributed by atoms with van der Waals surface area (Å²) in [5, 5.41) is 11.0. The van der Waals surface area contributed by atoms with Gasteiger partial charge in [-0.25, -0.2) is 8.78 Å². The summed E-state index contributed by atoms with van der Waals surface area (Å²) in [4.78, 5) is 21.6. The fourth-order valence-electron chi connectivity index (χ4n) is 1.58. The van der Waals surface area contributed by atoms with E-state index in [1.54, 1.807) is 0 Å². The van der Waals surface area contributed by atoms with Crippen LogP contribution in [0.3, 0.4) is 0 Å². The van der Waals surface area contributed by atoms with Crippen molar-refractivity contribution in [3.05, 3.63) is 29.8 Å². The van der Waals surface area contributed by atoms with Gasteiger partial charge in [-0.3, -0.25) is 9.59 Å². The number of ether oxygens (including phenoxy) is 1. The second-order valence-corrected chi connectivity index (χ2v) is 4.38. The molecule has 1 aromatic carbocycles. The molecule has 1 aromatic rings. The van der Waals surface area contributed by atoms with Crippen molar-refractivity contribution in [2.75, 3.05) is 13.2 Å². The van der Waals surface area contributed by atoms with Crippen LogP contribution in [0.25, 0.3) is 0 Å². The number of carboxylic acids is 1. The smallest absolute Gasteiger partial charge is 0.303 e. The highest BCUT2D eigenvalue weighted by Gasteiger charge is 2.04. The van der Waals surface area contributed by atoms with Crippen LogP contribution in [0.15, 0.2) is 18.2 Å². The number of hydrogen-bond acceptors (Lipinski definition) is 3. The van der Waals surface area contributed by atoms with Crippen molar-refractivity contribution in [3.8, 4) is 5.75 Å². The summed E-state index contributed by atoms with van der Waals surface area (Å²) in [6, 6.07) is 3.20. The first-order valence-corrected chi connectivity index (χ1v) is 6.55. The first kappa shape index (κ1) is 16.9. The minimum atomic E-state index is -0.991. The molecule has 0 aromatic heterocycles. The van der Waals surface area contributed by atoms with Gasteiger partial charge in [0.15, 0.2) is 11.6 Å². The number of hydrogen-bond donors (Lipinski definition) is 2. The standard InChI is InChI=1S/C14H17F2NO4/c15-11-6-5-10(9-12(11)16)21-8-7-17-13(18)3-1-2-4-14(19)20/h5-6,9H,1-4,7-8H2,(H,17,18)(H,19,20). The zero-order valence-corrected chi connectivity index (χ0v) is 11.4. The maximum absolute atomic E-state index is 12.9. The van der Waals surface area contributed by atoms with E-state index in [-0.39, 0.29) is 37.6 Å². The van der Waals surface area contributed by atoms with Gasteiger partial charge in [-0.15, -0.1) is 0 Å². The third-order valence-electron chi connectivity index (χ3n) is 2.63. The molecule has 116 valence electrons. The van der Waals surface area contributed by atoms with Crippen LogP contribution in [0.5, 0.6) is 5.75 Å². The van der Waals surface area contributed by atoms with E-state index >= 15 is 0 Å².